The number of unbranched alkanes of at least 4 members (excludes halogenated alkanes) is 1. The van der Waals surface area contributed by atoms with Crippen molar-refractivity contribution >= 4 is 8.80 Å². The van der Waals surface area contributed by atoms with E-state index in [-0.39, 0.29) is 46.5 Å². The maximum atomic E-state index is 6.00. The van der Waals surface area contributed by atoms with Gasteiger partial charge in [0.1, 0.15) is 0 Å². The zero-order valence-electron chi connectivity index (χ0n) is 12.2. The van der Waals surface area contributed by atoms with E-state index in [1.54, 1.807) is 0 Å². The van der Waals surface area contributed by atoms with Crippen LogP contribution in [0.1, 0.15) is 39.0 Å². The van der Waals surface area contributed by atoms with Crippen molar-refractivity contribution in [2.45, 2.75) is 57.8 Å². The van der Waals surface area contributed by atoms with Crippen molar-refractivity contribution in [1.29, 1.82) is 0 Å². The molecule has 0 amide bonds. The molecule has 0 spiro atoms. The molecule has 1 rings (SSSR count). The van der Waals surface area contributed by atoms with E-state index in [2.05, 4.69) is 38.2 Å². The molecule has 1 aliphatic rings. The Balaban J connectivity index is -0.000000853. The molecule has 0 bridgehead atoms. The average Bonchev–Trinajstić information content (AvgIpc) is 2.75. The number of hydrogen-bond acceptors (Lipinski definition) is 1. The first-order valence-corrected chi connectivity index (χ1v) is 9.59. The molecule has 0 N–H and O–H groups in total. The van der Waals surface area contributed by atoms with Crippen molar-refractivity contribution < 1.29 is 51.3 Å². The quantitative estimate of drug-likeness (QED) is 0.270. The number of allylic oxidation sites excluding steroid dienone is 4. The standard InChI is InChI=1S/C14H25OSi.2ClH.Ti/c1-4-5-12-15-14(16(2)3)11-10-13-8-6-7-9-13;;;/h6,8,14,16H,4-5,7,10-12H2,1-3H3;2*1H;/q-1;;;+3/p-2. The van der Waals surface area contributed by atoms with E-state index in [1.807, 2.05) is 0 Å². The summed E-state index contributed by atoms with van der Waals surface area (Å²) in [5, 5.41) is 0. The van der Waals surface area contributed by atoms with Crippen LogP contribution in [-0.2, 0) is 26.5 Å². The van der Waals surface area contributed by atoms with E-state index in [1.165, 1.54) is 24.8 Å². The van der Waals surface area contributed by atoms with Crippen LogP contribution in [0.4, 0.5) is 0 Å². The predicted molar refractivity (Wildman–Crippen MR) is 73.3 cm³/mol. The molecule has 109 valence electrons. The van der Waals surface area contributed by atoms with Gasteiger partial charge in [-0.25, -0.2) is 11.6 Å². The third-order valence-corrected chi connectivity index (χ3v) is 5.05. The Hall–Kier alpha value is 0.951. The molecule has 1 aliphatic carbocycles. The van der Waals surface area contributed by atoms with E-state index in [0.717, 1.165) is 19.4 Å². The summed E-state index contributed by atoms with van der Waals surface area (Å²) in [5.74, 6) is 0. The van der Waals surface area contributed by atoms with Crippen LogP contribution in [0.2, 0.25) is 13.1 Å². The molecule has 0 heterocycles. The minimum absolute atomic E-state index is 0. The molecule has 0 saturated heterocycles. The largest absolute Gasteiger partial charge is 3.00 e. The minimum atomic E-state index is -0.676. The fourth-order valence-electron chi connectivity index (χ4n) is 1.91. The van der Waals surface area contributed by atoms with Crippen molar-refractivity contribution in [1.82, 2.24) is 0 Å². The van der Waals surface area contributed by atoms with Gasteiger partial charge in [-0.15, -0.1) is 6.42 Å². The van der Waals surface area contributed by atoms with Crippen LogP contribution in [-0.4, -0.2) is 21.1 Å². The zero-order valence-corrected chi connectivity index (χ0v) is 16.4. The molecule has 0 fully saturated rings. The van der Waals surface area contributed by atoms with Crippen LogP contribution in [0.5, 0.6) is 0 Å². The molecule has 0 aromatic rings. The Kier molecular flexibility index (Phi) is 20.1. The average molecular weight is 356 g/mol. The number of halogens is 2. The molecule has 19 heavy (non-hydrogen) atoms. The van der Waals surface area contributed by atoms with Gasteiger partial charge in [0, 0.05) is 12.3 Å². The van der Waals surface area contributed by atoms with Crippen LogP contribution in [0.25, 0.3) is 0 Å². The summed E-state index contributed by atoms with van der Waals surface area (Å²) in [6.07, 6.45) is 13.6. The SMILES string of the molecule is CCCCOC(CCC1=[C-]CC=C1)[SiH](C)C.[Cl-].[Cl-].[Ti+3]. The van der Waals surface area contributed by atoms with Crippen LogP contribution < -0.4 is 24.8 Å². The van der Waals surface area contributed by atoms with E-state index in [9.17, 15) is 0 Å². The molecule has 1 radical (unpaired) electrons. The number of rotatable bonds is 8. The van der Waals surface area contributed by atoms with Gasteiger partial charge < -0.3 is 29.6 Å². The molecule has 5 heteroatoms. The number of hydrogen-bond donors (Lipinski definition) is 0. The topological polar surface area (TPSA) is 9.23 Å². The third kappa shape index (κ3) is 11.3. The van der Waals surface area contributed by atoms with Gasteiger partial charge in [-0.1, -0.05) is 32.9 Å². The Morgan fingerprint density at radius 3 is 2.53 bits per heavy atom. The van der Waals surface area contributed by atoms with E-state index >= 15 is 0 Å². The van der Waals surface area contributed by atoms with E-state index < -0.39 is 8.80 Å². The Bertz CT molecular complexity index is 258. The van der Waals surface area contributed by atoms with Gasteiger partial charge in [0.15, 0.2) is 0 Å². The summed E-state index contributed by atoms with van der Waals surface area (Å²) >= 11 is 0. The molecule has 0 aliphatic heterocycles. The number of ether oxygens (including phenoxy) is 1. The van der Waals surface area contributed by atoms with Gasteiger partial charge in [-0.3, -0.25) is 6.08 Å². The van der Waals surface area contributed by atoms with Gasteiger partial charge in [-0.2, -0.15) is 6.08 Å². The molecular formula is C14H25Cl2OSiTi. The van der Waals surface area contributed by atoms with Crippen molar-refractivity contribution in [3.05, 3.63) is 23.8 Å². The first-order valence-electron chi connectivity index (χ1n) is 6.62. The van der Waals surface area contributed by atoms with Gasteiger partial charge in [0.2, 0.25) is 0 Å². The minimum Gasteiger partial charge on any atom is -1.00 e. The molecule has 0 aromatic carbocycles. The molecule has 1 unspecified atom stereocenters. The smallest absolute Gasteiger partial charge is 1.00 e. The van der Waals surface area contributed by atoms with E-state index in [4.69, 9.17) is 4.74 Å². The maximum absolute atomic E-state index is 6.00. The monoisotopic (exact) mass is 355 g/mol. The third-order valence-electron chi connectivity index (χ3n) is 3.04. The zero-order chi connectivity index (χ0) is 11.8. The second kappa shape index (κ2) is 15.3. The van der Waals surface area contributed by atoms with Gasteiger partial charge in [-0.05, 0) is 12.8 Å². The van der Waals surface area contributed by atoms with Crippen LogP contribution >= 0.6 is 0 Å². The molecule has 0 aromatic heterocycles. The predicted octanol–water partition coefficient (Wildman–Crippen LogP) is -2.33. The Labute approximate surface area is 148 Å². The van der Waals surface area contributed by atoms with Crippen LogP contribution in [0, 0.1) is 6.08 Å². The second-order valence-electron chi connectivity index (χ2n) is 4.85. The summed E-state index contributed by atoms with van der Waals surface area (Å²) in [4.78, 5) is 0. The summed E-state index contributed by atoms with van der Waals surface area (Å²) in [7, 11) is -0.676. The molecular weight excluding hydrogens is 331 g/mol. The first kappa shape index (κ1) is 24.9. The Morgan fingerprint density at radius 1 is 1.37 bits per heavy atom. The van der Waals surface area contributed by atoms with Crippen molar-refractivity contribution in [3.8, 4) is 0 Å². The summed E-state index contributed by atoms with van der Waals surface area (Å²) < 4.78 is 6.00. The van der Waals surface area contributed by atoms with Gasteiger partial charge in [0.25, 0.3) is 0 Å². The molecule has 1 atom stereocenters. The van der Waals surface area contributed by atoms with Gasteiger partial charge in [0.05, 0.1) is 8.80 Å². The Morgan fingerprint density at radius 2 is 2.05 bits per heavy atom. The maximum Gasteiger partial charge on any atom is 3.00 e. The second-order valence-corrected chi connectivity index (χ2v) is 8.09. The fourth-order valence-corrected chi connectivity index (χ4v) is 3.26. The van der Waals surface area contributed by atoms with Crippen molar-refractivity contribution in [3.63, 3.8) is 0 Å². The molecule has 0 saturated carbocycles. The summed E-state index contributed by atoms with van der Waals surface area (Å²) in [6.45, 7) is 7.94. The summed E-state index contributed by atoms with van der Waals surface area (Å²) in [6, 6.07) is 0. The molecule has 1 nitrogen and oxygen atoms in total. The first-order chi connectivity index (χ1) is 7.74. The van der Waals surface area contributed by atoms with Gasteiger partial charge >= 0.3 is 21.7 Å². The summed E-state index contributed by atoms with van der Waals surface area (Å²) in [5.41, 5.74) is 1.94. The normalized spacial score (nSPS) is 14.2. The van der Waals surface area contributed by atoms with Crippen molar-refractivity contribution in [2.75, 3.05) is 6.61 Å². The van der Waals surface area contributed by atoms with Crippen LogP contribution in [0.3, 0.4) is 0 Å². The fraction of sp³-hybridized carbons (Fsp3) is 0.714. The van der Waals surface area contributed by atoms with Crippen molar-refractivity contribution in [2.24, 2.45) is 0 Å². The van der Waals surface area contributed by atoms with Crippen LogP contribution in [0.15, 0.2) is 17.7 Å². The van der Waals surface area contributed by atoms with E-state index in [0.29, 0.717) is 5.73 Å².